The van der Waals surface area contributed by atoms with Crippen LogP contribution in [0.15, 0.2) is 42.5 Å². The topological polar surface area (TPSA) is 12.0 Å². The molecule has 0 heterocycles. The Kier molecular flexibility index (Phi) is 4.22. The SMILES string of the molecule is CNC(Cc1cccc(F)c1)c1ccc(F)cc1F. The molecule has 0 aliphatic heterocycles. The van der Waals surface area contributed by atoms with E-state index < -0.39 is 11.6 Å². The lowest BCUT2D eigenvalue weighted by Crippen LogP contribution is -2.20. The molecule has 4 heteroatoms. The van der Waals surface area contributed by atoms with Crippen LogP contribution in [-0.2, 0) is 6.42 Å². The number of benzene rings is 2. The number of hydrogen-bond acceptors (Lipinski definition) is 1. The average Bonchev–Trinajstić information content (AvgIpc) is 2.37. The van der Waals surface area contributed by atoms with Gasteiger partial charge >= 0.3 is 0 Å². The lowest BCUT2D eigenvalue weighted by Gasteiger charge is -2.17. The zero-order valence-corrected chi connectivity index (χ0v) is 10.5. The maximum atomic E-state index is 13.7. The highest BCUT2D eigenvalue weighted by molar-refractivity contribution is 5.26. The molecule has 2 rings (SSSR count). The van der Waals surface area contributed by atoms with E-state index in [1.807, 2.05) is 0 Å². The fraction of sp³-hybridized carbons (Fsp3) is 0.200. The second-order valence-corrected chi connectivity index (χ2v) is 4.34. The third kappa shape index (κ3) is 3.35. The maximum Gasteiger partial charge on any atom is 0.130 e. The van der Waals surface area contributed by atoms with E-state index in [4.69, 9.17) is 0 Å². The van der Waals surface area contributed by atoms with Crippen molar-refractivity contribution in [3.05, 3.63) is 71.0 Å². The molecule has 0 amide bonds. The summed E-state index contributed by atoms with van der Waals surface area (Å²) >= 11 is 0. The molecule has 0 aromatic heterocycles. The molecule has 0 spiro atoms. The van der Waals surface area contributed by atoms with Crippen molar-refractivity contribution in [1.82, 2.24) is 5.32 Å². The van der Waals surface area contributed by atoms with Crippen molar-refractivity contribution in [3.8, 4) is 0 Å². The van der Waals surface area contributed by atoms with Gasteiger partial charge in [0, 0.05) is 17.7 Å². The fourth-order valence-electron chi connectivity index (χ4n) is 2.05. The molecule has 0 aliphatic rings. The second kappa shape index (κ2) is 5.89. The Morgan fingerprint density at radius 2 is 1.74 bits per heavy atom. The molecule has 1 unspecified atom stereocenters. The first-order chi connectivity index (χ1) is 9.10. The van der Waals surface area contributed by atoms with Crippen molar-refractivity contribution in [2.75, 3.05) is 7.05 Å². The van der Waals surface area contributed by atoms with Gasteiger partial charge in [-0.1, -0.05) is 18.2 Å². The standard InChI is InChI=1S/C15H14F3N/c1-19-15(8-10-3-2-4-11(16)7-10)13-6-5-12(17)9-14(13)18/h2-7,9,15,19H,8H2,1H3. The Morgan fingerprint density at radius 1 is 1.00 bits per heavy atom. The predicted octanol–water partition coefficient (Wildman–Crippen LogP) is 3.61. The third-order valence-corrected chi connectivity index (χ3v) is 3.02. The van der Waals surface area contributed by atoms with Gasteiger partial charge in [0.1, 0.15) is 17.5 Å². The molecule has 0 saturated carbocycles. The van der Waals surface area contributed by atoms with Gasteiger partial charge in [0.2, 0.25) is 0 Å². The van der Waals surface area contributed by atoms with Crippen LogP contribution >= 0.6 is 0 Å². The van der Waals surface area contributed by atoms with E-state index in [1.54, 1.807) is 19.2 Å². The summed E-state index contributed by atoms with van der Waals surface area (Å²) in [7, 11) is 1.69. The largest absolute Gasteiger partial charge is 0.313 e. The second-order valence-electron chi connectivity index (χ2n) is 4.34. The number of hydrogen-bond donors (Lipinski definition) is 1. The lowest BCUT2D eigenvalue weighted by molar-refractivity contribution is 0.520. The zero-order chi connectivity index (χ0) is 13.8. The summed E-state index contributed by atoms with van der Waals surface area (Å²) in [6.45, 7) is 0. The molecule has 0 bridgehead atoms. The summed E-state index contributed by atoms with van der Waals surface area (Å²) in [4.78, 5) is 0. The van der Waals surface area contributed by atoms with Gasteiger partial charge in [-0.15, -0.1) is 0 Å². The molecule has 1 nitrogen and oxygen atoms in total. The van der Waals surface area contributed by atoms with E-state index in [0.29, 0.717) is 12.0 Å². The zero-order valence-electron chi connectivity index (χ0n) is 10.5. The summed E-state index contributed by atoms with van der Waals surface area (Å²) in [5.41, 5.74) is 1.12. The molecule has 0 fully saturated rings. The van der Waals surface area contributed by atoms with E-state index in [-0.39, 0.29) is 11.9 Å². The van der Waals surface area contributed by atoms with Gasteiger partial charge in [0.25, 0.3) is 0 Å². The lowest BCUT2D eigenvalue weighted by atomic mass is 9.98. The van der Waals surface area contributed by atoms with Gasteiger partial charge in [0.15, 0.2) is 0 Å². The normalized spacial score (nSPS) is 12.4. The average molecular weight is 265 g/mol. The highest BCUT2D eigenvalue weighted by Crippen LogP contribution is 2.22. The molecule has 2 aromatic carbocycles. The Labute approximate surface area is 110 Å². The quantitative estimate of drug-likeness (QED) is 0.890. The number of halogens is 3. The summed E-state index contributed by atoms with van der Waals surface area (Å²) in [6.07, 6.45) is 0.427. The molecule has 1 atom stereocenters. The summed E-state index contributed by atoms with van der Waals surface area (Å²) < 4.78 is 39.7. The Morgan fingerprint density at radius 3 is 2.37 bits per heavy atom. The van der Waals surface area contributed by atoms with Crippen LogP contribution < -0.4 is 5.32 Å². The number of rotatable bonds is 4. The van der Waals surface area contributed by atoms with Gasteiger partial charge in [-0.3, -0.25) is 0 Å². The Balaban J connectivity index is 2.25. The maximum absolute atomic E-state index is 13.7. The number of nitrogens with one attached hydrogen (secondary N) is 1. The summed E-state index contributed by atoms with van der Waals surface area (Å²) in [5.74, 6) is -1.54. The Bertz CT molecular complexity index is 569. The van der Waals surface area contributed by atoms with Crippen LogP contribution in [0.4, 0.5) is 13.2 Å². The van der Waals surface area contributed by atoms with Gasteiger partial charge in [-0.25, -0.2) is 13.2 Å². The molecule has 0 saturated heterocycles. The van der Waals surface area contributed by atoms with Crippen LogP contribution in [0.1, 0.15) is 17.2 Å². The van der Waals surface area contributed by atoms with Crippen molar-refractivity contribution in [2.45, 2.75) is 12.5 Å². The van der Waals surface area contributed by atoms with E-state index in [0.717, 1.165) is 11.6 Å². The van der Waals surface area contributed by atoms with Gasteiger partial charge in [-0.2, -0.15) is 0 Å². The van der Waals surface area contributed by atoms with Crippen LogP contribution in [0.25, 0.3) is 0 Å². The van der Waals surface area contributed by atoms with Gasteiger partial charge in [0.05, 0.1) is 0 Å². The first-order valence-electron chi connectivity index (χ1n) is 5.97. The van der Waals surface area contributed by atoms with Crippen molar-refractivity contribution >= 4 is 0 Å². The molecule has 19 heavy (non-hydrogen) atoms. The molecule has 0 radical (unpaired) electrons. The number of likely N-dealkylation sites (N-methyl/N-ethyl adjacent to an activating group) is 1. The molecular formula is C15H14F3N. The van der Waals surface area contributed by atoms with Crippen molar-refractivity contribution < 1.29 is 13.2 Å². The van der Waals surface area contributed by atoms with Gasteiger partial charge < -0.3 is 5.32 Å². The highest BCUT2D eigenvalue weighted by Gasteiger charge is 2.15. The van der Waals surface area contributed by atoms with Crippen molar-refractivity contribution in [1.29, 1.82) is 0 Å². The van der Waals surface area contributed by atoms with Crippen LogP contribution in [0, 0.1) is 17.5 Å². The van der Waals surface area contributed by atoms with Crippen molar-refractivity contribution in [3.63, 3.8) is 0 Å². The highest BCUT2D eigenvalue weighted by atomic mass is 19.1. The summed E-state index contributed by atoms with van der Waals surface area (Å²) in [5, 5.41) is 2.96. The molecule has 0 aliphatic carbocycles. The molecule has 1 N–H and O–H groups in total. The van der Waals surface area contributed by atoms with Crippen molar-refractivity contribution in [2.24, 2.45) is 0 Å². The van der Waals surface area contributed by atoms with Crippen LogP contribution in [0.2, 0.25) is 0 Å². The smallest absolute Gasteiger partial charge is 0.130 e. The minimum atomic E-state index is -0.609. The van der Waals surface area contributed by atoms with Gasteiger partial charge in [-0.05, 0) is 37.2 Å². The van der Waals surface area contributed by atoms with Crippen LogP contribution in [0.3, 0.4) is 0 Å². The molecular weight excluding hydrogens is 251 g/mol. The monoisotopic (exact) mass is 265 g/mol. The van der Waals surface area contributed by atoms with Crippen LogP contribution in [-0.4, -0.2) is 7.05 Å². The van der Waals surface area contributed by atoms with E-state index in [2.05, 4.69) is 5.32 Å². The predicted molar refractivity (Wildman–Crippen MR) is 68.3 cm³/mol. The first kappa shape index (κ1) is 13.6. The molecule has 100 valence electrons. The van der Waals surface area contributed by atoms with E-state index in [9.17, 15) is 13.2 Å². The molecule has 2 aromatic rings. The fourth-order valence-corrected chi connectivity index (χ4v) is 2.05. The van der Waals surface area contributed by atoms with E-state index >= 15 is 0 Å². The van der Waals surface area contributed by atoms with Crippen LogP contribution in [0.5, 0.6) is 0 Å². The summed E-state index contributed by atoms with van der Waals surface area (Å²) in [6, 6.07) is 9.29. The Hall–Kier alpha value is -1.81. The van der Waals surface area contributed by atoms with E-state index in [1.165, 1.54) is 24.3 Å². The minimum Gasteiger partial charge on any atom is -0.313 e. The third-order valence-electron chi connectivity index (χ3n) is 3.02. The first-order valence-corrected chi connectivity index (χ1v) is 5.97. The minimum absolute atomic E-state index is 0.327.